The normalized spacial score (nSPS) is 11.6. The minimum Gasteiger partial charge on any atom is -0.372 e. The topological polar surface area (TPSA) is 27.1 Å². The lowest BCUT2D eigenvalue weighted by Crippen LogP contribution is -2.07. The van der Waals surface area contributed by atoms with E-state index in [0.717, 1.165) is 12.2 Å². The van der Waals surface area contributed by atoms with Crippen LogP contribution in [0.15, 0.2) is 12.3 Å². The van der Waals surface area contributed by atoms with Crippen molar-refractivity contribution in [1.29, 1.82) is 0 Å². The molecule has 0 spiro atoms. The standard InChI is InChI=1S/C11H20N2O/c1-9(2)7-13-6-5-11(12-13)8-14-10(3)4/h5-6,9-10H,7-8H2,1-4H3. The molecule has 3 heteroatoms. The van der Waals surface area contributed by atoms with Crippen molar-refractivity contribution in [2.45, 2.75) is 47.0 Å². The number of rotatable bonds is 5. The molecule has 0 N–H and O–H groups in total. The smallest absolute Gasteiger partial charge is 0.0909 e. The van der Waals surface area contributed by atoms with E-state index in [2.05, 4.69) is 18.9 Å². The van der Waals surface area contributed by atoms with Crippen molar-refractivity contribution < 1.29 is 4.74 Å². The highest BCUT2D eigenvalue weighted by molar-refractivity contribution is 4.97. The van der Waals surface area contributed by atoms with Crippen molar-refractivity contribution in [1.82, 2.24) is 9.78 Å². The van der Waals surface area contributed by atoms with Gasteiger partial charge < -0.3 is 4.74 Å². The minimum atomic E-state index is 0.269. The quantitative estimate of drug-likeness (QED) is 0.723. The van der Waals surface area contributed by atoms with Gasteiger partial charge in [0.15, 0.2) is 0 Å². The molecule has 1 aromatic heterocycles. The molecule has 0 aromatic carbocycles. The molecule has 0 aliphatic carbocycles. The largest absolute Gasteiger partial charge is 0.372 e. The Morgan fingerprint density at radius 1 is 1.36 bits per heavy atom. The highest BCUT2D eigenvalue weighted by atomic mass is 16.5. The Morgan fingerprint density at radius 3 is 2.64 bits per heavy atom. The lowest BCUT2D eigenvalue weighted by Gasteiger charge is -2.05. The van der Waals surface area contributed by atoms with E-state index in [9.17, 15) is 0 Å². The van der Waals surface area contributed by atoms with Gasteiger partial charge in [-0.3, -0.25) is 4.68 Å². The monoisotopic (exact) mass is 196 g/mol. The average molecular weight is 196 g/mol. The van der Waals surface area contributed by atoms with Gasteiger partial charge in [-0.15, -0.1) is 0 Å². The molecule has 0 unspecified atom stereocenters. The maximum absolute atomic E-state index is 5.47. The summed E-state index contributed by atoms with van der Waals surface area (Å²) in [5, 5.41) is 4.41. The molecular formula is C11H20N2O. The van der Waals surface area contributed by atoms with Gasteiger partial charge in [-0.25, -0.2) is 0 Å². The molecule has 0 bridgehead atoms. The summed E-state index contributed by atoms with van der Waals surface area (Å²) in [5.41, 5.74) is 1.01. The highest BCUT2D eigenvalue weighted by Crippen LogP contribution is 2.03. The molecule has 0 atom stereocenters. The molecule has 1 heterocycles. The van der Waals surface area contributed by atoms with E-state index in [1.54, 1.807) is 0 Å². The van der Waals surface area contributed by atoms with Gasteiger partial charge in [0, 0.05) is 12.7 Å². The molecule has 0 amide bonds. The predicted octanol–water partition coefficient (Wildman–Crippen LogP) is 2.46. The van der Waals surface area contributed by atoms with E-state index in [1.165, 1.54) is 0 Å². The highest BCUT2D eigenvalue weighted by Gasteiger charge is 2.02. The van der Waals surface area contributed by atoms with Crippen LogP contribution in [0.4, 0.5) is 0 Å². The molecule has 0 radical (unpaired) electrons. The Balaban J connectivity index is 2.42. The average Bonchev–Trinajstić information content (AvgIpc) is 2.47. The van der Waals surface area contributed by atoms with E-state index in [-0.39, 0.29) is 6.10 Å². The SMILES string of the molecule is CC(C)Cn1ccc(COC(C)C)n1. The van der Waals surface area contributed by atoms with E-state index in [1.807, 2.05) is 30.8 Å². The third kappa shape index (κ3) is 3.92. The van der Waals surface area contributed by atoms with Crippen LogP contribution < -0.4 is 0 Å². The summed E-state index contributed by atoms with van der Waals surface area (Å²) in [6, 6.07) is 2.02. The molecule has 80 valence electrons. The molecular weight excluding hydrogens is 176 g/mol. The van der Waals surface area contributed by atoms with Crippen LogP contribution in [-0.4, -0.2) is 15.9 Å². The summed E-state index contributed by atoms with van der Waals surface area (Å²) >= 11 is 0. The van der Waals surface area contributed by atoms with Crippen molar-refractivity contribution in [3.05, 3.63) is 18.0 Å². The van der Waals surface area contributed by atoms with Crippen LogP contribution in [0, 0.1) is 5.92 Å². The van der Waals surface area contributed by atoms with Crippen LogP contribution in [0.5, 0.6) is 0 Å². The van der Waals surface area contributed by atoms with Gasteiger partial charge >= 0.3 is 0 Å². The summed E-state index contributed by atoms with van der Waals surface area (Å²) in [6.45, 7) is 10.0. The van der Waals surface area contributed by atoms with Crippen LogP contribution in [0.3, 0.4) is 0 Å². The van der Waals surface area contributed by atoms with Crippen molar-refractivity contribution in [3.63, 3.8) is 0 Å². The van der Waals surface area contributed by atoms with E-state index >= 15 is 0 Å². The van der Waals surface area contributed by atoms with Gasteiger partial charge in [0.2, 0.25) is 0 Å². The molecule has 3 nitrogen and oxygen atoms in total. The summed E-state index contributed by atoms with van der Waals surface area (Å²) in [6.07, 6.45) is 2.28. The van der Waals surface area contributed by atoms with Crippen LogP contribution in [0.2, 0.25) is 0 Å². The Hall–Kier alpha value is -0.830. The van der Waals surface area contributed by atoms with Crippen LogP contribution >= 0.6 is 0 Å². The lowest BCUT2D eigenvalue weighted by atomic mass is 10.2. The van der Waals surface area contributed by atoms with Gasteiger partial charge in [-0.05, 0) is 25.8 Å². The number of nitrogens with zero attached hydrogens (tertiary/aromatic N) is 2. The Morgan fingerprint density at radius 2 is 2.07 bits per heavy atom. The molecule has 0 fully saturated rings. The molecule has 14 heavy (non-hydrogen) atoms. The summed E-state index contributed by atoms with van der Waals surface area (Å²) in [4.78, 5) is 0. The fourth-order valence-electron chi connectivity index (χ4n) is 1.21. The molecule has 1 aromatic rings. The van der Waals surface area contributed by atoms with E-state index < -0.39 is 0 Å². The third-order valence-electron chi connectivity index (χ3n) is 1.81. The van der Waals surface area contributed by atoms with E-state index in [0.29, 0.717) is 12.5 Å². The van der Waals surface area contributed by atoms with Crippen molar-refractivity contribution in [3.8, 4) is 0 Å². The number of hydrogen-bond donors (Lipinski definition) is 0. The number of ether oxygens (including phenoxy) is 1. The second-order valence-corrected chi connectivity index (χ2v) is 4.28. The second kappa shape index (κ2) is 5.15. The van der Waals surface area contributed by atoms with Gasteiger partial charge in [0.1, 0.15) is 0 Å². The van der Waals surface area contributed by atoms with Gasteiger partial charge in [-0.2, -0.15) is 5.10 Å². The predicted molar refractivity (Wildman–Crippen MR) is 57.0 cm³/mol. The zero-order valence-electron chi connectivity index (χ0n) is 9.53. The van der Waals surface area contributed by atoms with Gasteiger partial charge in [0.05, 0.1) is 18.4 Å². The van der Waals surface area contributed by atoms with Crippen LogP contribution in [-0.2, 0) is 17.9 Å². The molecule has 1 rings (SSSR count). The number of aromatic nitrogens is 2. The van der Waals surface area contributed by atoms with Crippen LogP contribution in [0.1, 0.15) is 33.4 Å². The third-order valence-corrected chi connectivity index (χ3v) is 1.81. The molecule has 0 aliphatic rings. The Kier molecular flexibility index (Phi) is 4.14. The summed E-state index contributed by atoms with van der Waals surface area (Å²) < 4.78 is 7.45. The zero-order valence-corrected chi connectivity index (χ0v) is 9.53. The first-order valence-corrected chi connectivity index (χ1v) is 5.22. The fraction of sp³-hybridized carbons (Fsp3) is 0.727. The van der Waals surface area contributed by atoms with Crippen molar-refractivity contribution in [2.24, 2.45) is 5.92 Å². The molecule has 0 saturated heterocycles. The maximum atomic E-state index is 5.47. The van der Waals surface area contributed by atoms with Crippen molar-refractivity contribution >= 4 is 0 Å². The summed E-state index contributed by atoms with van der Waals surface area (Å²) in [7, 11) is 0. The summed E-state index contributed by atoms with van der Waals surface area (Å²) in [5.74, 6) is 0.633. The maximum Gasteiger partial charge on any atom is 0.0909 e. The Labute approximate surface area is 86.1 Å². The van der Waals surface area contributed by atoms with Crippen molar-refractivity contribution in [2.75, 3.05) is 0 Å². The van der Waals surface area contributed by atoms with Crippen LogP contribution in [0.25, 0.3) is 0 Å². The fourth-order valence-corrected chi connectivity index (χ4v) is 1.21. The van der Waals surface area contributed by atoms with E-state index in [4.69, 9.17) is 4.74 Å². The lowest BCUT2D eigenvalue weighted by molar-refractivity contribution is 0.0632. The zero-order chi connectivity index (χ0) is 10.6. The first-order chi connectivity index (χ1) is 6.58. The Bertz CT molecular complexity index is 266. The van der Waals surface area contributed by atoms with Gasteiger partial charge in [-0.1, -0.05) is 13.8 Å². The number of hydrogen-bond acceptors (Lipinski definition) is 2. The first-order valence-electron chi connectivity index (χ1n) is 5.22. The van der Waals surface area contributed by atoms with Gasteiger partial charge in [0.25, 0.3) is 0 Å². The second-order valence-electron chi connectivity index (χ2n) is 4.28. The molecule has 0 saturated carbocycles. The first kappa shape index (κ1) is 11.2. The minimum absolute atomic E-state index is 0.269. The molecule has 0 aliphatic heterocycles.